The molecule has 0 aliphatic carbocycles. The minimum Gasteiger partial charge on any atom is -0.383 e. The maximum absolute atomic E-state index is 13.4. The molecule has 11 nitrogen and oxygen atoms in total. The molecule has 4 N–H and O–H groups in total. The Labute approximate surface area is 269 Å². The van der Waals surface area contributed by atoms with Crippen LogP contribution in [0.4, 0.5) is 27.8 Å². The van der Waals surface area contributed by atoms with E-state index in [0.717, 1.165) is 37.9 Å². The van der Waals surface area contributed by atoms with Crippen LogP contribution in [-0.2, 0) is 14.3 Å². The summed E-state index contributed by atoms with van der Waals surface area (Å²) in [4.78, 5) is 35.6. The fraction of sp³-hybridized carbons (Fsp3) is 0.484. The number of aromatic nitrogens is 2. The molecule has 3 atom stereocenters. The van der Waals surface area contributed by atoms with Crippen molar-refractivity contribution in [3.05, 3.63) is 59.5 Å². The minimum absolute atomic E-state index is 0.0777. The van der Waals surface area contributed by atoms with Gasteiger partial charge in [0, 0.05) is 27.3 Å². The van der Waals surface area contributed by atoms with Gasteiger partial charge in [-0.2, -0.15) is 0 Å². The molecule has 3 unspecified atom stereocenters. The van der Waals surface area contributed by atoms with Gasteiger partial charge in [-0.05, 0) is 61.5 Å². The lowest BCUT2D eigenvalue weighted by Gasteiger charge is -2.27. The van der Waals surface area contributed by atoms with Crippen LogP contribution in [0.3, 0.4) is 0 Å². The van der Waals surface area contributed by atoms with E-state index in [-0.39, 0.29) is 18.4 Å². The summed E-state index contributed by atoms with van der Waals surface area (Å²) in [6, 6.07) is 7.04. The number of hydrogen-bond acceptors (Lipinski definition) is 8. The van der Waals surface area contributed by atoms with E-state index < -0.39 is 17.5 Å². The Morgan fingerprint density at radius 2 is 1.93 bits per heavy atom. The molecule has 1 aliphatic rings. The Bertz CT molecular complexity index is 1320. The van der Waals surface area contributed by atoms with Crippen molar-refractivity contribution in [1.82, 2.24) is 20.6 Å². The van der Waals surface area contributed by atoms with Crippen molar-refractivity contribution < 1.29 is 19.1 Å². The molecule has 1 saturated heterocycles. The van der Waals surface area contributed by atoms with Gasteiger partial charge in [0.1, 0.15) is 18.0 Å². The summed E-state index contributed by atoms with van der Waals surface area (Å²) in [5.41, 5.74) is 2.67. The number of nitrogens with one attached hydrogen (secondary N) is 4. The second kappa shape index (κ2) is 17.3. The van der Waals surface area contributed by atoms with Crippen LogP contribution in [0, 0.1) is 5.92 Å². The van der Waals surface area contributed by atoms with Crippen molar-refractivity contribution in [1.29, 1.82) is 0 Å². The van der Waals surface area contributed by atoms with Crippen molar-refractivity contribution in [2.45, 2.75) is 50.5 Å². The monoisotopic (exact) mass is 647 g/mol. The average Bonchev–Trinajstić information content (AvgIpc) is 3.04. The van der Waals surface area contributed by atoms with Crippen LogP contribution in [0.1, 0.15) is 44.6 Å². The Kier molecular flexibility index (Phi) is 13.9. The van der Waals surface area contributed by atoms with Gasteiger partial charge in [-0.1, -0.05) is 44.5 Å². The molecule has 0 spiro atoms. The van der Waals surface area contributed by atoms with Crippen LogP contribution in [0.25, 0.3) is 0 Å². The SMILES string of the molecule is C=CC(=O)Nc1cc(C2CCNCC2)ccc1Nc1cc(N(C)C(=O)NC(=C(Cl)C(OC)C(C)CC)C(Cl)COC)ncn1. The van der Waals surface area contributed by atoms with Crippen LogP contribution >= 0.6 is 23.2 Å². The minimum atomic E-state index is -0.730. The summed E-state index contributed by atoms with van der Waals surface area (Å²) in [6.07, 6.45) is 4.95. The van der Waals surface area contributed by atoms with Crippen molar-refractivity contribution in [3.63, 3.8) is 0 Å². The lowest BCUT2D eigenvalue weighted by molar-refractivity contribution is -0.111. The van der Waals surface area contributed by atoms with Crippen LogP contribution in [-0.4, -0.2) is 74.4 Å². The smallest absolute Gasteiger partial charge is 0.327 e. The van der Waals surface area contributed by atoms with E-state index in [1.165, 1.54) is 24.4 Å². The Morgan fingerprint density at radius 1 is 1.20 bits per heavy atom. The molecule has 13 heteroatoms. The van der Waals surface area contributed by atoms with Gasteiger partial charge in [0.05, 0.1) is 40.2 Å². The van der Waals surface area contributed by atoms with Crippen LogP contribution in [0.5, 0.6) is 0 Å². The second-order valence-corrected chi connectivity index (χ2v) is 11.6. The van der Waals surface area contributed by atoms with Crippen LogP contribution in [0.2, 0.25) is 0 Å². The van der Waals surface area contributed by atoms with Gasteiger partial charge >= 0.3 is 6.03 Å². The molecule has 2 heterocycles. The zero-order chi connectivity index (χ0) is 32.2. The van der Waals surface area contributed by atoms with Gasteiger partial charge in [-0.15, -0.1) is 11.6 Å². The molecular weight excluding hydrogens is 605 g/mol. The van der Waals surface area contributed by atoms with Gasteiger partial charge in [-0.25, -0.2) is 14.8 Å². The number of hydrogen-bond donors (Lipinski definition) is 4. The number of amides is 3. The molecule has 1 fully saturated rings. The number of methoxy groups -OCH3 is 2. The molecule has 44 heavy (non-hydrogen) atoms. The quantitative estimate of drug-likeness (QED) is 0.151. The third kappa shape index (κ3) is 9.39. The van der Waals surface area contributed by atoms with Crippen molar-refractivity contribution in [2.24, 2.45) is 5.92 Å². The van der Waals surface area contributed by atoms with E-state index in [2.05, 4.69) is 43.9 Å². The zero-order valence-electron chi connectivity index (χ0n) is 26.0. The van der Waals surface area contributed by atoms with Gasteiger partial charge < -0.3 is 30.7 Å². The van der Waals surface area contributed by atoms with E-state index in [1.807, 2.05) is 26.0 Å². The number of halogens is 2. The summed E-state index contributed by atoms with van der Waals surface area (Å²) < 4.78 is 10.9. The van der Waals surface area contributed by atoms with Gasteiger partial charge in [-0.3, -0.25) is 9.69 Å². The molecule has 0 saturated carbocycles. The molecule has 3 amide bonds. The third-order valence-corrected chi connectivity index (χ3v) is 8.41. The number of alkyl halides is 1. The highest BCUT2D eigenvalue weighted by molar-refractivity contribution is 6.32. The Hall–Kier alpha value is -3.22. The first-order valence-electron chi connectivity index (χ1n) is 14.6. The summed E-state index contributed by atoms with van der Waals surface area (Å²) >= 11 is 13.3. The number of carbonyl (C=O) groups excluding carboxylic acids is 2. The van der Waals surface area contributed by atoms with Crippen LogP contribution in [0.15, 0.2) is 54.0 Å². The van der Waals surface area contributed by atoms with Gasteiger partial charge in [0.25, 0.3) is 0 Å². The molecule has 3 rings (SSSR count). The number of carbonyl (C=O) groups is 2. The predicted molar refractivity (Wildman–Crippen MR) is 177 cm³/mol. The number of ether oxygens (including phenoxy) is 2. The number of nitrogens with zero attached hydrogens (tertiary/aromatic N) is 3. The van der Waals surface area contributed by atoms with E-state index in [9.17, 15) is 9.59 Å². The fourth-order valence-corrected chi connectivity index (χ4v) is 5.71. The topological polar surface area (TPSA) is 130 Å². The van der Waals surface area contributed by atoms with Gasteiger partial charge in [0.2, 0.25) is 5.91 Å². The van der Waals surface area contributed by atoms with Gasteiger partial charge in [0.15, 0.2) is 0 Å². The number of benzene rings is 1. The molecule has 2 aromatic rings. The summed E-state index contributed by atoms with van der Waals surface area (Å²) in [7, 11) is 4.65. The predicted octanol–water partition coefficient (Wildman–Crippen LogP) is 5.72. The number of piperidine rings is 1. The highest BCUT2D eigenvalue weighted by atomic mass is 35.5. The lowest BCUT2D eigenvalue weighted by Crippen LogP contribution is -2.41. The summed E-state index contributed by atoms with van der Waals surface area (Å²) in [5, 5.41) is 11.9. The summed E-state index contributed by atoms with van der Waals surface area (Å²) in [5.74, 6) is 0.872. The molecule has 240 valence electrons. The average molecular weight is 649 g/mol. The summed E-state index contributed by atoms with van der Waals surface area (Å²) in [6.45, 7) is 9.64. The first kappa shape index (κ1) is 35.3. The lowest BCUT2D eigenvalue weighted by atomic mass is 9.90. The van der Waals surface area contributed by atoms with Crippen molar-refractivity contribution in [2.75, 3.05) is 56.5 Å². The number of anilines is 4. The maximum Gasteiger partial charge on any atom is 0.327 e. The number of urea groups is 1. The molecule has 0 radical (unpaired) electrons. The number of rotatable bonds is 14. The Morgan fingerprint density at radius 3 is 2.57 bits per heavy atom. The first-order chi connectivity index (χ1) is 21.1. The van der Waals surface area contributed by atoms with E-state index in [4.69, 9.17) is 32.7 Å². The molecule has 1 aromatic heterocycles. The normalized spacial score (nSPS) is 16.2. The second-order valence-electron chi connectivity index (χ2n) is 10.6. The first-order valence-corrected chi connectivity index (χ1v) is 15.4. The molecule has 1 aromatic carbocycles. The van der Waals surface area contributed by atoms with Crippen LogP contribution < -0.4 is 26.2 Å². The molecule has 1 aliphatic heterocycles. The highest BCUT2D eigenvalue weighted by Crippen LogP contribution is 2.33. The van der Waals surface area contributed by atoms with E-state index in [0.29, 0.717) is 39.7 Å². The fourth-order valence-electron chi connectivity index (χ4n) is 4.88. The standard InChI is InChI=1S/C31H43Cl2N7O4/c1-7-19(3)30(44-6)28(33)29(22(32)17-43-5)39-31(42)40(4)26-16-25(35-18-36-26)37-23-10-9-21(20-11-13-34-14-12-20)15-24(23)38-27(41)8-2/h8-10,15-16,18-20,22,30,34H,2,7,11-14,17H2,1,3-6H3,(H,38,41)(H,39,42)(H,35,36,37). The zero-order valence-corrected chi connectivity index (χ0v) is 27.5. The van der Waals surface area contributed by atoms with Crippen molar-refractivity contribution in [3.8, 4) is 0 Å². The molecule has 0 bridgehead atoms. The Balaban J connectivity index is 1.86. The maximum atomic E-state index is 13.4. The van der Waals surface area contributed by atoms with E-state index >= 15 is 0 Å². The largest absolute Gasteiger partial charge is 0.383 e. The highest BCUT2D eigenvalue weighted by Gasteiger charge is 2.28. The molecular formula is C31H43Cl2N7O4. The van der Waals surface area contributed by atoms with Crippen molar-refractivity contribution >= 4 is 58.2 Å². The van der Waals surface area contributed by atoms with E-state index in [1.54, 1.807) is 20.2 Å². The third-order valence-electron chi connectivity index (χ3n) is 7.65.